The minimum absolute atomic E-state index is 0.143. The molecule has 0 aliphatic carbocycles. The van der Waals surface area contributed by atoms with E-state index in [9.17, 15) is 4.79 Å². The van der Waals surface area contributed by atoms with Crippen LogP contribution in [-0.2, 0) is 11.3 Å². The highest BCUT2D eigenvalue weighted by molar-refractivity contribution is 5.92. The van der Waals surface area contributed by atoms with Crippen molar-refractivity contribution in [3.05, 3.63) is 120 Å². The molecule has 0 radical (unpaired) electrons. The van der Waals surface area contributed by atoms with Crippen LogP contribution < -0.4 is 5.32 Å². The number of imidazole rings is 1. The van der Waals surface area contributed by atoms with Crippen molar-refractivity contribution >= 4 is 33.8 Å². The summed E-state index contributed by atoms with van der Waals surface area (Å²) in [5.74, 6) is 0.696. The summed E-state index contributed by atoms with van der Waals surface area (Å²) in [6.45, 7) is 2.66. The molecule has 5 rings (SSSR count). The summed E-state index contributed by atoms with van der Waals surface area (Å²) in [6, 6.07) is 32.6. The predicted octanol–water partition coefficient (Wildman–Crippen LogP) is 6.13. The second-order valence-corrected chi connectivity index (χ2v) is 8.20. The number of hydrogen-bond donors (Lipinski definition) is 1. The molecular weight excluding hydrogens is 406 g/mol. The van der Waals surface area contributed by atoms with Crippen LogP contribution in [0.1, 0.15) is 29.9 Å². The topological polar surface area (TPSA) is 46.9 Å². The monoisotopic (exact) mass is 431 g/mol. The minimum Gasteiger partial charge on any atom is -0.343 e. The summed E-state index contributed by atoms with van der Waals surface area (Å²) in [4.78, 5) is 17.5. The first-order valence-electron chi connectivity index (χ1n) is 11.1. The van der Waals surface area contributed by atoms with Gasteiger partial charge >= 0.3 is 0 Å². The number of hydrogen-bond acceptors (Lipinski definition) is 2. The number of carbonyl (C=O) groups is 1. The highest BCUT2D eigenvalue weighted by Gasteiger charge is 2.18. The molecule has 1 N–H and O–H groups in total. The maximum atomic E-state index is 12.6. The van der Waals surface area contributed by atoms with Crippen molar-refractivity contribution in [2.45, 2.75) is 19.5 Å². The fourth-order valence-electron chi connectivity index (χ4n) is 4.17. The Balaban J connectivity index is 1.43. The van der Waals surface area contributed by atoms with Gasteiger partial charge in [0.1, 0.15) is 5.82 Å². The molecule has 1 amide bonds. The molecule has 0 spiro atoms. The fraction of sp³-hybridized carbons (Fsp3) is 0.103. The van der Waals surface area contributed by atoms with Gasteiger partial charge in [-0.15, -0.1) is 0 Å². The molecule has 1 heterocycles. The zero-order valence-corrected chi connectivity index (χ0v) is 18.5. The lowest BCUT2D eigenvalue weighted by Gasteiger charge is -2.16. The first-order chi connectivity index (χ1) is 16.2. The maximum absolute atomic E-state index is 12.6. The summed E-state index contributed by atoms with van der Waals surface area (Å²) in [5.41, 5.74) is 4.17. The van der Waals surface area contributed by atoms with Gasteiger partial charge in [0, 0.05) is 12.6 Å². The van der Waals surface area contributed by atoms with Gasteiger partial charge in [0.05, 0.1) is 17.1 Å². The number of nitrogens with one attached hydrogen (secondary N) is 1. The molecule has 1 unspecified atom stereocenters. The third-order valence-electron chi connectivity index (χ3n) is 5.81. The zero-order valence-electron chi connectivity index (χ0n) is 18.5. The van der Waals surface area contributed by atoms with Crippen molar-refractivity contribution in [1.82, 2.24) is 14.9 Å². The van der Waals surface area contributed by atoms with Crippen LogP contribution in [0.3, 0.4) is 0 Å². The van der Waals surface area contributed by atoms with E-state index in [-0.39, 0.29) is 11.9 Å². The summed E-state index contributed by atoms with van der Waals surface area (Å²) in [6.07, 6.45) is 3.39. The van der Waals surface area contributed by atoms with Gasteiger partial charge in [-0.05, 0) is 53.1 Å². The lowest BCUT2D eigenvalue weighted by Crippen LogP contribution is -2.27. The molecule has 5 aromatic rings. The van der Waals surface area contributed by atoms with Crippen LogP contribution in [0.5, 0.6) is 0 Å². The standard InChI is InChI=1S/C29H25N3O/c1-21(30-28(33)18-16-22-9-3-2-4-10-22)29-31-26-13-7-8-14-27(26)32(29)20-23-15-17-24-11-5-6-12-25(24)19-23/h2-19,21H,20H2,1H3,(H,30,33)/b18-16-. The molecule has 33 heavy (non-hydrogen) atoms. The van der Waals surface area contributed by atoms with E-state index in [2.05, 4.69) is 58.4 Å². The molecular formula is C29H25N3O. The normalized spacial score (nSPS) is 12.4. The Morgan fingerprint density at radius 1 is 0.909 bits per heavy atom. The van der Waals surface area contributed by atoms with Crippen molar-refractivity contribution in [2.75, 3.05) is 0 Å². The molecule has 4 nitrogen and oxygen atoms in total. The molecule has 0 bridgehead atoms. The van der Waals surface area contributed by atoms with E-state index in [4.69, 9.17) is 4.98 Å². The number of carbonyl (C=O) groups excluding carboxylic acids is 1. The zero-order chi connectivity index (χ0) is 22.6. The van der Waals surface area contributed by atoms with Crippen molar-refractivity contribution in [1.29, 1.82) is 0 Å². The third kappa shape index (κ3) is 4.55. The Morgan fingerprint density at radius 3 is 2.48 bits per heavy atom. The molecule has 0 saturated heterocycles. The van der Waals surface area contributed by atoms with Gasteiger partial charge in [0.15, 0.2) is 0 Å². The fourth-order valence-corrected chi connectivity index (χ4v) is 4.17. The number of fused-ring (bicyclic) bond motifs is 2. The first-order valence-corrected chi connectivity index (χ1v) is 11.1. The van der Waals surface area contributed by atoms with Crippen LogP contribution in [0.15, 0.2) is 103 Å². The molecule has 4 aromatic carbocycles. The SMILES string of the molecule is CC(NC(=O)/C=C\c1ccccc1)c1nc2ccccc2n1Cc1ccc2ccccc2c1. The average Bonchev–Trinajstić information content (AvgIpc) is 3.22. The lowest BCUT2D eigenvalue weighted by molar-refractivity contribution is -0.117. The van der Waals surface area contributed by atoms with Crippen LogP contribution in [0, 0.1) is 0 Å². The van der Waals surface area contributed by atoms with Crippen LogP contribution >= 0.6 is 0 Å². The smallest absolute Gasteiger partial charge is 0.244 e. The number of benzene rings is 4. The quantitative estimate of drug-likeness (QED) is 0.329. The average molecular weight is 432 g/mol. The highest BCUT2D eigenvalue weighted by Crippen LogP contribution is 2.24. The van der Waals surface area contributed by atoms with Crippen molar-refractivity contribution in [2.24, 2.45) is 0 Å². The number of amides is 1. The van der Waals surface area contributed by atoms with Gasteiger partial charge in [0.2, 0.25) is 5.91 Å². The third-order valence-corrected chi connectivity index (χ3v) is 5.81. The van der Waals surface area contributed by atoms with Crippen LogP contribution in [0.4, 0.5) is 0 Å². The Labute approximate surface area is 193 Å². The van der Waals surface area contributed by atoms with E-state index in [1.165, 1.54) is 16.3 Å². The molecule has 0 aliphatic heterocycles. The Bertz CT molecular complexity index is 1450. The number of nitrogens with zero attached hydrogens (tertiary/aromatic N) is 2. The number of rotatable bonds is 6. The van der Waals surface area contributed by atoms with Gasteiger partial charge in [-0.25, -0.2) is 4.98 Å². The van der Waals surface area contributed by atoms with E-state index in [0.717, 1.165) is 22.4 Å². The molecule has 162 valence electrons. The van der Waals surface area contributed by atoms with Crippen LogP contribution in [0.25, 0.3) is 27.9 Å². The van der Waals surface area contributed by atoms with E-state index >= 15 is 0 Å². The van der Waals surface area contributed by atoms with Crippen LogP contribution in [0.2, 0.25) is 0 Å². The first kappa shape index (κ1) is 20.7. The van der Waals surface area contributed by atoms with E-state index < -0.39 is 0 Å². The summed E-state index contributed by atoms with van der Waals surface area (Å²) < 4.78 is 2.20. The van der Waals surface area contributed by atoms with Gasteiger partial charge < -0.3 is 9.88 Å². The minimum atomic E-state index is -0.245. The molecule has 4 heteroatoms. The summed E-state index contributed by atoms with van der Waals surface area (Å²) in [7, 11) is 0. The molecule has 0 aliphatic rings. The van der Waals surface area contributed by atoms with Gasteiger partial charge in [-0.2, -0.15) is 0 Å². The Morgan fingerprint density at radius 2 is 1.64 bits per heavy atom. The summed E-state index contributed by atoms with van der Waals surface area (Å²) in [5, 5.41) is 5.52. The van der Waals surface area contributed by atoms with Gasteiger partial charge in [0.25, 0.3) is 0 Å². The second kappa shape index (κ2) is 9.13. The van der Waals surface area contributed by atoms with Crippen molar-refractivity contribution in [3.8, 4) is 0 Å². The molecule has 1 atom stereocenters. The maximum Gasteiger partial charge on any atom is 0.244 e. The van der Waals surface area contributed by atoms with E-state index in [1.54, 1.807) is 6.08 Å². The largest absolute Gasteiger partial charge is 0.343 e. The van der Waals surface area contributed by atoms with E-state index in [1.807, 2.05) is 61.5 Å². The molecule has 0 fully saturated rings. The Kier molecular flexibility index (Phi) is 5.73. The van der Waals surface area contributed by atoms with Crippen LogP contribution in [-0.4, -0.2) is 15.5 Å². The second-order valence-electron chi connectivity index (χ2n) is 8.20. The van der Waals surface area contributed by atoms with E-state index in [0.29, 0.717) is 6.54 Å². The van der Waals surface area contributed by atoms with Gasteiger partial charge in [-0.1, -0.05) is 78.9 Å². The van der Waals surface area contributed by atoms with Gasteiger partial charge in [-0.3, -0.25) is 4.79 Å². The van der Waals surface area contributed by atoms with Crippen molar-refractivity contribution in [3.63, 3.8) is 0 Å². The highest BCUT2D eigenvalue weighted by atomic mass is 16.1. The summed E-state index contributed by atoms with van der Waals surface area (Å²) >= 11 is 0. The molecule has 0 saturated carbocycles. The predicted molar refractivity (Wildman–Crippen MR) is 135 cm³/mol. The van der Waals surface area contributed by atoms with Crippen molar-refractivity contribution < 1.29 is 4.79 Å². The molecule has 1 aromatic heterocycles. The number of para-hydroxylation sites is 2. The number of aromatic nitrogens is 2. The lowest BCUT2D eigenvalue weighted by atomic mass is 10.1. The Hall–Kier alpha value is -4.18.